The zero-order valence-electron chi connectivity index (χ0n) is 14.1. The lowest BCUT2D eigenvalue weighted by molar-refractivity contribution is -0.384. The Morgan fingerprint density at radius 1 is 1.32 bits per heavy atom. The number of amides is 1. The van der Waals surface area contributed by atoms with E-state index in [9.17, 15) is 19.7 Å². The van der Waals surface area contributed by atoms with E-state index in [2.05, 4.69) is 9.84 Å². The Morgan fingerprint density at radius 2 is 1.96 bits per heavy atom. The fraction of sp³-hybridized carbons (Fsp3) is 0.312. The lowest BCUT2D eigenvalue weighted by Crippen LogP contribution is -2.40. The highest BCUT2D eigenvalue weighted by Gasteiger charge is 2.23. The Bertz CT molecular complexity index is 782. The summed E-state index contributed by atoms with van der Waals surface area (Å²) < 4.78 is 6.05. The summed E-state index contributed by atoms with van der Waals surface area (Å²) in [4.78, 5) is 35.7. The smallest absolute Gasteiger partial charge is 0.325 e. The molecule has 0 spiro atoms. The first-order valence-electron chi connectivity index (χ1n) is 7.50. The summed E-state index contributed by atoms with van der Waals surface area (Å²) in [5, 5.41) is 14.8. The number of nitrogens with zero attached hydrogens (tertiary/aromatic N) is 4. The van der Waals surface area contributed by atoms with Crippen LogP contribution >= 0.6 is 0 Å². The molecule has 2 rings (SSSR count). The second-order valence-corrected chi connectivity index (χ2v) is 5.55. The van der Waals surface area contributed by atoms with Crippen molar-refractivity contribution < 1.29 is 19.2 Å². The van der Waals surface area contributed by atoms with Gasteiger partial charge < -0.3 is 9.64 Å². The van der Waals surface area contributed by atoms with Gasteiger partial charge in [-0.05, 0) is 26.0 Å². The average Bonchev–Trinajstić information content (AvgIpc) is 3.08. The Hall–Kier alpha value is -3.23. The molecule has 9 nitrogen and oxygen atoms in total. The van der Waals surface area contributed by atoms with Crippen LogP contribution in [0.5, 0.6) is 0 Å². The number of nitro groups is 1. The topological polar surface area (TPSA) is 108 Å². The number of hydrogen-bond donors (Lipinski definition) is 0. The van der Waals surface area contributed by atoms with Gasteiger partial charge in [-0.3, -0.25) is 19.7 Å². The van der Waals surface area contributed by atoms with Crippen LogP contribution in [0.2, 0.25) is 0 Å². The van der Waals surface area contributed by atoms with E-state index in [4.69, 9.17) is 0 Å². The molecule has 0 aliphatic heterocycles. The first-order valence-corrected chi connectivity index (χ1v) is 7.50. The number of carbonyl (C=O) groups excluding carboxylic acids is 2. The van der Waals surface area contributed by atoms with Gasteiger partial charge in [0.05, 0.1) is 29.5 Å². The van der Waals surface area contributed by atoms with Gasteiger partial charge in [-0.25, -0.2) is 4.68 Å². The number of ether oxygens (including phenoxy) is 1. The number of rotatable bonds is 6. The molecule has 1 aromatic heterocycles. The van der Waals surface area contributed by atoms with E-state index in [1.54, 1.807) is 13.8 Å². The number of benzene rings is 1. The standard InChI is InChI=1S/C16H18N4O5/c1-11(2)18(10-15(21)25-3)16(22)12-8-17-19(9-12)13-4-6-14(7-5-13)20(23)24/h4-9,11H,10H2,1-3H3. The Labute approximate surface area is 143 Å². The van der Waals surface area contributed by atoms with Crippen LogP contribution in [0.4, 0.5) is 5.69 Å². The predicted octanol–water partition coefficient (Wildman–Crippen LogP) is 1.80. The zero-order chi connectivity index (χ0) is 18.6. The molecule has 0 bridgehead atoms. The molecule has 1 heterocycles. The van der Waals surface area contributed by atoms with Gasteiger partial charge in [0.15, 0.2) is 0 Å². The molecule has 0 N–H and O–H groups in total. The third-order valence-electron chi connectivity index (χ3n) is 3.57. The normalized spacial score (nSPS) is 10.6. The minimum atomic E-state index is -0.509. The Kier molecular flexibility index (Phi) is 5.48. The molecule has 0 aliphatic rings. The van der Waals surface area contributed by atoms with E-state index in [1.807, 2.05) is 0 Å². The number of aromatic nitrogens is 2. The van der Waals surface area contributed by atoms with Crippen molar-refractivity contribution in [2.75, 3.05) is 13.7 Å². The molecular formula is C16H18N4O5. The SMILES string of the molecule is COC(=O)CN(C(=O)c1cnn(-c2ccc([N+](=O)[O-])cc2)c1)C(C)C. The van der Waals surface area contributed by atoms with Crippen LogP contribution < -0.4 is 0 Å². The van der Waals surface area contributed by atoms with Crippen molar-refractivity contribution >= 4 is 17.6 Å². The summed E-state index contributed by atoms with van der Waals surface area (Å²) in [5.41, 5.74) is 0.848. The zero-order valence-corrected chi connectivity index (χ0v) is 14.1. The minimum absolute atomic E-state index is 0.0312. The van der Waals surface area contributed by atoms with Crippen molar-refractivity contribution in [3.8, 4) is 5.69 Å². The van der Waals surface area contributed by atoms with Gasteiger partial charge in [-0.1, -0.05) is 0 Å². The van der Waals surface area contributed by atoms with Gasteiger partial charge in [0.1, 0.15) is 6.54 Å². The maximum atomic E-state index is 12.6. The van der Waals surface area contributed by atoms with E-state index < -0.39 is 10.9 Å². The van der Waals surface area contributed by atoms with Gasteiger partial charge in [-0.2, -0.15) is 5.10 Å². The Morgan fingerprint density at radius 3 is 2.48 bits per heavy atom. The largest absolute Gasteiger partial charge is 0.468 e. The van der Waals surface area contributed by atoms with Crippen LogP contribution in [0.25, 0.3) is 5.69 Å². The number of hydrogen-bond acceptors (Lipinski definition) is 6. The summed E-state index contributed by atoms with van der Waals surface area (Å²) in [7, 11) is 1.26. The van der Waals surface area contributed by atoms with Crippen LogP contribution in [-0.2, 0) is 9.53 Å². The van der Waals surface area contributed by atoms with Crippen LogP contribution in [0.1, 0.15) is 24.2 Å². The molecule has 0 aliphatic carbocycles. The van der Waals surface area contributed by atoms with Gasteiger partial charge in [-0.15, -0.1) is 0 Å². The fourth-order valence-corrected chi connectivity index (χ4v) is 2.16. The van der Waals surface area contributed by atoms with E-state index in [1.165, 1.54) is 53.4 Å². The molecule has 1 amide bonds. The van der Waals surface area contributed by atoms with E-state index in [-0.39, 0.29) is 24.2 Å². The van der Waals surface area contributed by atoms with Gasteiger partial charge >= 0.3 is 5.97 Å². The predicted molar refractivity (Wildman–Crippen MR) is 88.4 cm³/mol. The first kappa shape index (κ1) is 18.1. The second kappa shape index (κ2) is 7.56. The summed E-state index contributed by atoms with van der Waals surface area (Å²) >= 11 is 0. The molecule has 0 atom stereocenters. The monoisotopic (exact) mass is 346 g/mol. The van der Waals surface area contributed by atoms with Gasteiger partial charge in [0.25, 0.3) is 11.6 Å². The van der Waals surface area contributed by atoms with Crippen molar-refractivity contribution in [2.24, 2.45) is 0 Å². The number of non-ortho nitro benzene ring substituents is 1. The number of nitro benzene ring substituents is 1. The van der Waals surface area contributed by atoms with Gasteiger partial charge in [0.2, 0.25) is 0 Å². The van der Waals surface area contributed by atoms with E-state index in [0.717, 1.165) is 0 Å². The summed E-state index contributed by atoms with van der Waals surface area (Å²) in [5.74, 6) is -0.863. The molecular weight excluding hydrogens is 328 g/mol. The molecule has 1 aromatic carbocycles. The molecule has 132 valence electrons. The van der Waals surface area contributed by atoms with Crippen molar-refractivity contribution in [3.05, 3.63) is 52.3 Å². The lowest BCUT2D eigenvalue weighted by atomic mass is 10.2. The van der Waals surface area contributed by atoms with E-state index in [0.29, 0.717) is 11.3 Å². The van der Waals surface area contributed by atoms with Crippen molar-refractivity contribution in [1.29, 1.82) is 0 Å². The average molecular weight is 346 g/mol. The third kappa shape index (κ3) is 4.19. The molecule has 2 aromatic rings. The highest BCUT2D eigenvalue weighted by molar-refractivity contribution is 5.95. The molecule has 0 radical (unpaired) electrons. The second-order valence-electron chi connectivity index (χ2n) is 5.55. The number of methoxy groups -OCH3 is 1. The van der Waals surface area contributed by atoms with Gasteiger partial charge in [0, 0.05) is 24.4 Å². The molecule has 0 unspecified atom stereocenters. The minimum Gasteiger partial charge on any atom is -0.468 e. The van der Waals surface area contributed by atoms with Crippen molar-refractivity contribution in [3.63, 3.8) is 0 Å². The molecule has 0 saturated heterocycles. The number of carbonyl (C=O) groups is 2. The molecule has 0 saturated carbocycles. The highest BCUT2D eigenvalue weighted by Crippen LogP contribution is 2.16. The maximum Gasteiger partial charge on any atom is 0.325 e. The van der Waals surface area contributed by atoms with Crippen LogP contribution in [0.15, 0.2) is 36.7 Å². The molecule has 25 heavy (non-hydrogen) atoms. The molecule has 9 heteroatoms. The fourth-order valence-electron chi connectivity index (χ4n) is 2.16. The summed E-state index contributed by atoms with van der Waals surface area (Å²) in [6.45, 7) is 3.43. The number of esters is 1. The summed E-state index contributed by atoms with van der Waals surface area (Å²) in [6, 6.07) is 5.59. The van der Waals surface area contributed by atoms with Crippen LogP contribution in [-0.4, -0.2) is 51.2 Å². The van der Waals surface area contributed by atoms with Crippen molar-refractivity contribution in [1.82, 2.24) is 14.7 Å². The van der Waals surface area contributed by atoms with E-state index >= 15 is 0 Å². The quantitative estimate of drug-likeness (QED) is 0.448. The van der Waals surface area contributed by atoms with Crippen molar-refractivity contribution in [2.45, 2.75) is 19.9 Å². The lowest BCUT2D eigenvalue weighted by Gasteiger charge is -2.24. The highest BCUT2D eigenvalue weighted by atomic mass is 16.6. The molecule has 0 fully saturated rings. The Balaban J connectivity index is 2.22. The maximum absolute atomic E-state index is 12.6. The van der Waals surface area contributed by atoms with Crippen LogP contribution in [0.3, 0.4) is 0 Å². The third-order valence-corrected chi connectivity index (χ3v) is 3.57. The summed E-state index contributed by atoms with van der Waals surface area (Å²) in [6.07, 6.45) is 2.90. The first-order chi connectivity index (χ1) is 11.8. The van der Waals surface area contributed by atoms with Crippen LogP contribution in [0, 0.1) is 10.1 Å².